The highest BCUT2D eigenvalue weighted by Gasteiger charge is 2.29. The minimum Gasteiger partial charge on any atom is -0.207 e. The van der Waals surface area contributed by atoms with Crippen LogP contribution in [0.4, 0.5) is 0 Å². The average Bonchev–Trinajstić information content (AvgIpc) is 2.76. The molecule has 1 aliphatic rings. The van der Waals surface area contributed by atoms with E-state index in [2.05, 4.69) is 0 Å². The molecule has 0 aliphatic carbocycles. The largest absolute Gasteiger partial charge is 0.237 e. The highest BCUT2D eigenvalue weighted by Crippen LogP contribution is 2.26. The predicted octanol–water partition coefficient (Wildman–Crippen LogP) is 2.69. The number of hydrogen-bond acceptors (Lipinski definition) is 3. The van der Waals surface area contributed by atoms with Crippen LogP contribution in [0.15, 0.2) is 29.7 Å². The van der Waals surface area contributed by atoms with Crippen molar-refractivity contribution in [1.29, 1.82) is 0 Å². The van der Waals surface area contributed by atoms with E-state index in [1.807, 2.05) is 38.1 Å². The number of benzene rings is 1. The fourth-order valence-electron chi connectivity index (χ4n) is 1.83. The molecule has 18 heavy (non-hydrogen) atoms. The summed E-state index contributed by atoms with van der Waals surface area (Å²) in [5.41, 5.74) is 2.07. The van der Waals surface area contributed by atoms with Gasteiger partial charge < -0.3 is 0 Å². The Morgan fingerprint density at radius 1 is 1.33 bits per heavy atom. The first-order valence-electron chi connectivity index (χ1n) is 5.87. The summed E-state index contributed by atoms with van der Waals surface area (Å²) in [5.74, 6) is 0.874. The van der Waals surface area contributed by atoms with E-state index in [4.69, 9.17) is 0 Å². The topological polar surface area (TPSA) is 37.4 Å². The van der Waals surface area contributed by atoms with Gasteiger partial charge >= 0.3 is 0 Å². The number of thioether (sulfide) groups is 1. The minimum absolute atomic E-state index is 0.0395. The fraction of sp³-hybridized carbons (Fsp3) is 0.385. The SMILES string of the molecule is Cc1ccc(/C=C/S(=O)(=O)N2CCSC2C)cc1. The zero-order valence-electron chi connectivity index (χ0n) is 10.5. The van der Waals surface area contributed by atoms with Gasteiger partial charge in [0.2, 0.25) is 10.0 Å². The Hall–Kier alpha value is -0.780. The van der Waals surface area contributed by atoms with Crippen molar-refractivity contribution in [3.8, 4) is 0 Å². The second kappa shape index (κ2) is 5.47. The summed E-state index contributed by atoms with van der Waals surface area (Å²) in [6.45, 7) is 4.54. The zero-order chi connectivity index (χ0) is 13.2. The van der Waals surface area contributed by atoms with E-state index in [1.165, 1.54) is 11.0 Å². The van der Waals surface area contributed by atoms with Crippen LogP contribution >= 0.6 is 11.8 Å². The van der Waals surface area contributed by atoms with Crippen LogP contribution in [0.3, 0.4) is 0 Å². The summed E-state index contributed by atoms with van der Waals surface area (Å²) in [4.78, 5) is 0. The first-order chi connectivity index (χ1) is 8.49. The summed E-state index contributed by atoms with van der Waals surface area (Å²) < 4.78 is 25.8. The molecule has 1 unspecified atom stereocenters. The summed E-state index contributed by atoms with van der Waals surface area (Å²) in [6.07, 6.45) is 1.66. The van der Waals surface area contributed by atoms with Crippen molar-refractivity contribution in [2.75, 3.05) is 12.3 Å². The van der Waals surface area contributed by atoms with Gasteiger partial charge in [0, 0.05) is 17.7 Å². The quantitative estimate of drug-likeness (QED) is 0.856. The second-order valence-electron chi connectivity index (χ2n) is 4.34. The Morgan fingerprint density at radius 3 is 2.56 bits per heavy atom. The third kappa shape index (κ3) is 3.16. The summed E-state index contributed by atoms with van der Waals surface area (Å²) in [6, 6.07) is 7.79. The molecule has 1 aromatic carbocycles. The van der Waals surface area contributed by atoms with Gasteiger partial charge in [-0.3, -0.25) is 0 Å². The van der Waals surface area contributed by atoms with E-state index in [9.17, 15) is 8.42 Å². The normalized spacial score (nSPS) is 21.8. The summed E-state index contributed by atoms with van der Waals surface area (Å²) in [5, 5.41) is 1.35. The Balaban J connectivity index is 2.15. The van der Waals surface area contributed by atoms with Crippen molar-refractivity contribution in [3.05, 3.63) is 40.8 Å². The van der Waals surface area contributed by atoms with Crippen molar-refractivity contribution < 1.29 is 8.42 Å². The number of nitrogens with zero attached hydrogens (tertiary/aromatic N) is 1. The van der Waals surface area contributed by atoms with Gasteiger partial charge in [0.1, 0.15) is 0 Å². The molecule has 0 amide bonds. The maximum Gasteiger partial charge on any atom is 0.237 e. The zero-order valence-corrected chi connectivity index (χ0v) is 12.2. The van der Waals surface area contributed by atoms with Crippen LogP contribution in [0.5, 0.6) is 0 Å². The molecule has 0 N–H and O–H groups in total. The molecule has 0 spiro atoms. The molecule has 1 aromatic rings. The van der Waals surface area contributed by atoms with Crippen LogP contribution in [-0.4, -0.2) is 30.4 Å². The van der Waals surface area contributed by atoms with E-state index in [1.54, 1.807) is 22.1 Å². The van der Waals surface area contributed by atoms with Gasteiger partial charge in [0.15, 0.2) is 0 Å². The highest BCUT2D eigenvalue weighted by atomic mass is 32.2. The maximum absolute atomic E-state index is 12.1. The van der Waals surface area contributed by atoms with Crippen LogP contribution in [-0.2, 0) is 10.0 Å². The third-order valence-electron chi connectivity index (χ3n) is 2.91. The summed E-state index contributed by atoms with van der Waals surface area (Å²) >= 11 is 1.67. The third-order valence-corrected chi connectivity index (χ3v) is 5.83. The van der Waals surface area contributed by atoms with Crippen molar-refractivity contribution in [1.82, 2.24) is 4.31 Å². The van der Waals surface area contributed by atoms with Gasteiger partial charge in [-0.1, -0.05) is 29.8 Å². The van der Waals surface area contributed by atoms with Crippen molar-refractivity contribution in [3.63, 3.8) is 0 Å². The molecule has 0 aromatic heterocycles. The number of sulfonamides is 1. The number of hydrogen-bond donors (Lipinski definition) is 0. The molecule has 0 radical (unpaired) electrons. The lowest BCUT2D eigenvalue weighted by atomic mass is 10.2. The average molecular weight is 283 g/mol. The number of rotatable bonds is 3. The van der Waals surface area contributed by atoms with Crippen LogP contribution in [0, 0.1) is 6.92 Å². The molecule has 1 heterocycles. The van der Waals surface area contributed by atoms with E-state index >= 15 is 0 Å². The summed E-state index contributed by atoms with van der Waals surface area (Å²) in [7, 11) is -3.29. The molecule has 1 aliphatic heterocycles. The molecular formula is C13H17NO2S2. The lowest BCUT2D eigenvalue weighted by Gasteiger charge is -2.17. The predicted molar refractivity (Wildman–Crippen MR) is 77.8 cm³/mol. The van der Waals surface area contributed by atoms with Gasteiger partial charge in [-0.2, -0.15) is 4.31 Å². The van der Waals surface area contributed by atoms with Gasteiger partial charge in [-0.05, 0) is 25.5 Å². The molecule has 1 atom stereocenters. The molecule has 3 nitrogen and oxygen atoms in total. The van der Waals surface area contributed by atoms with Crippen molar-refractivity contribution in [2.45, 2.75) is 19.2 Å². The van der Waals surface area contributed by atoms with Crippen LogP contribution in [0.1, 0.15) is 18.1 Å². The molecule has 1 saturated heterocycles. The minimum atomic E-state index is -3.29. The van der Waals surface area contributed by atoms with Gasteiger partial charge in [0.05, 0.1) is 5.37 Å². The fourth-order valence-corrected chi connectivity index (χ4v) is 4.65. The highest BCUT2D eigenvalue weighted by molar-refractivity contribution is 8.01. The first-order valence-corrected chi connectivity index (χ1v) is 8.42. The molecule has 0 bridgehead atoms. The maximum atomic E-state index is 12.1. The lowest BCUT2D eigenvalue weighted by Crippen LogP contribution is -2.31. The number of aryl methyl sites for hydroxylation is 1. The second-order valence-corrected chi connectivity index (χ2v) is 7.53. The molecule has 98 valence electrons. The van der Waals surface area contributed by atoms with Crippen LogP contribution < -0.4 is 0 Å². The molecule has 5 heteroatoms. The lowest BCUT2D eigenvalue weighted by molar-refractivity contribution is 0.449. The van der Waals surface area contributed by atoms with Gasteiger partial charge in [0.25, 0.3) is 0 Å². The monoisotopic (exact) mass is 283 g/mol. The van der Waals surface area contributed by atoms with Crippen LogP contribution in [0.25, 0.3) is 6.08 Å². The smallest absolute Gasteiger partial charge is 0.207 e. The Kier molecular flexibility index (Phi) is 4.14. The van der Waals surface area contributed by atoms with Crippen molar-refractivity contribution >= 4 is 27.9 Å². The molecule has 2 rings (SSSR count). The van der Waals surface area contributed by atoms with E-state index in [-0.39, 0.29) is 5.37 Å². The van der Waals surface area contributed by atoms with Crippen molar-refractivity contribution in [2.24, 2.45) is 0 Å². The molecular weight excluding hydrogens is 266 g/mol. The van der Waals surface area contributed by atoms with Crippen LogP contribution in [0.2, 0.25) is 0 Å². The Labute approximate surface area is 113 Å². The van der Waals surface area contributed by atoms with E-state index in [0.717, 1.165) is 11.3 Å². The molecule has 1 fully saturated rings. The van der Waals surface area contributed by atoms with Gasteiger partial charge in [-0.25, -0.2) is 8.42 Å². The molecule has 0 saturated carbocycles. The van der Waals surface area contributed by atoms with E-state index < -0.39 is 10.0 Å². The Morgan fingerprint density at radius 2 is 2.00 bits per heavy atom. The first kappa shape index (κ1) is 13.6. The standard InChI is InChI=1S/C13H17NO2S2/c1-11-3-5-13(6-4-11)7-10-18(15,16)14-8-9-17-12(14)2/h3-7,10,12H,8-9H2,1-2H3/b10-7+. The van der Waals surface area contributed by atoms with E-state index in [0.29, 0.717) is 6.54 Å². The van der Waals surface area contributed by atoms with Gasteiger partial charge in [-0.15, -0.1) is 11.8 Å². The Bertz CT molecular complexity index is 535.